The molecule has 1 aliphatic heterocycles. The molecule has 0 saturated heterocycles. The fourth-order valence-corrected chi connectivity index (χ4v) is 3.27. The third-order valence-electron chi connectivity index (χ3n) is 4.69. The molecular formula is C22H22ClNO2. The van der Waals surface area contributed by atoms with E-state index in [0.717, 1.165) is 17.9 Å². The highest BCUT2D eigenvalue weighted by Gasteiger charge is 2.16. The molecule has 134 valence electrons. The Morgan fingerprint density at radius 2 is 1.50 bits per heavy atom. The van der Waals surface area contributed by atoms with Gasteiger partial charge in [0.2, 0.25) is 6.79 Å². The summed E-state index contributed by atoms with van der Waals surface area (Å²) in [5.41, 5.74) is 11.0. The molecule has 0 fully saturated rings. The monoisotopic (exact) mass is 367 g/mol. The van der Waals surface area contributed by atoms with Gasteiger partial charge >= 0.3 is 0 Å². The molecule has 1 atom stereocenters. The largest absolute Gasteiger partial charge is 0.454 e. The molecule has 2 N–H and O–H groups in total. The van der Waals surface area contributed by atoms with Crippen LogP contribution in [0.25, 0.3) is 11.1 Å². The molecule has 1 heterocycles. The first-order valence-electron chi connectivity index (χ1n) is 8.57. The topological polar surface area (TPSA) is 44.5 Å². The van der Waals surface area contributed by atoms with Crippen LogP contribution in [0.15, 0.2) is 72.8 Å². The summed E-state index contributed by atoms with van der Waals surface area (Å²) in [5.74, 6) is 1.93. The van der Waals surface area contributed by atoms with Crippen molar-refractivity contribution in [1.29, 1.82) is 0 Å². The van der Waals surface area contributed by atoms with Gasteiger partial charge in [0.05, 0.1) is 0 Å². The first-order chi connectivity index (χ1) is 12.3. The molecule has 3 aromatic rings. The second-order valence-corrected chi connectivity index (χ2v) is 6.31. The average molecular weight is 368 g/mol. The Hall–Kier alpha value is -2.49. The second kappa shape index (κ2) is 8.26. The van der Waals surface area contributed by atoms with Crippen molar-refractivity contribution in [1.82, 2.24) is 0 Å². The van der Waals surface area contributed by atoms with Crippen molar-refractivity contribution in [3.8, 4) is 22.6 Å². The molecule has 0 aromatic heterocycles. The zero-order chi connectivity index (χ0) is 17.1. The second-order valence-electron chi connectivity index (χ2n) is 6.31. The Morgan fingerprint density at radius 3 is 2.23 bits per heavy atom. The number of benzene rings is 3. The maximum Gasteiger partial charge on any atom is 0.231 e. The lowest BCUT2D eigenvalue weighted by molar-refractivity contribution is 0.174. The Morgan fingerprint density at radius 1 is 0.808 bits per heavy atom. The zero-order valence-electron chi connectivity index (χ0n) is 14.4. The van der Waals surface area contributed by atoms with E-state index in [1.807, 2.05) is 12.1 Å². The van der Waals surface area contributed by atoms with Gasteiger partial charge in [-0.1, -0.05) is 60.7 Å². The van der Waals surface area contributed by atoms with Crippen LogP contribution < -0.4 is 15.2 Å². The van der Waals surface area contributed by atoms with Crippen LogP contribution in [0, 0.1) is 0 Å². The lowest BCUT2D eigenvalue weighted by Gasteiger charge is -2.16. The number of hydrogen-bond donors (Lipinski definition) is 1. The maximum absolute atomic E-state index is 6.06. The fraction of sp³-hybridized carbons (Fsp3) is 0.182. The van der Waals surface area contributed by atoms with Crippen molar-refractivity contribution in [3.63, 3.8) is 0 Å². The van der Waals surface area contributed by atoms with E-state index < -0.39 is 0 Å². The van der Waals surface area contributed by atoms with Gasteiger partial charge in [0.25, 0.3) is 0 Å². The summed E-state index contributed by atoms with van der Waals surface area (Å²) in [6.45, 7) is 0.916. The van der Waals surface area contributed by atoms with E-state index in [1.165, 1.54) is 22.3 Å². The summed E-state index contributed by atoms with van der Waals surface area (Å²) in [5, 5.41) is 0. The smallest absolute Gasteiger partial charge is 0.231 e. The molecule has 1 unspecified atom stereocenters. The Balaban J connectivity index is 0.00000196. The van der Waals surface area contributed by atoms with Crippen molar-refractivity contribution in [2.45, 2.75) is 12.3 Å². The van der Waals surface area contributed by atoms with Gasteiger partial charge in [-0.15, -0.1) is 12.4 Å². The molecule has 3 nitrogen and oxygen atoms in total. The number of rotatable bonds is 5. The summed E-state index contributed by atoms with van der Waals surface area (Å²) in [4.78, 5) is 0. The molecule has 0 aliphatic carbocycles. The van der Waals surface area contributed by atoms with Crippen molar-refractivity contribution >= 4 is 12.4 Å². The van der Waals surface area contributed by atoms with Crippen molar-refractivity contribution in [2.75, 3.05) is 13.3 Å². The minimum Gasteiger partial charge on any atom is -0.454 e. The normalized spacial score (nSPS) is 13.1. The lowest BCUT2D eigenvalue weighted by atomic mass is 9.90. The van der Waals surface area contributed by atoms with E-state index in [0.29, 0.717) is 13.3 Å². The summed E-state index contributed by atoms with van der Waals surface area (Å²) in [7, 11) is 0. The number of nitrogens with two attached hydrogens (primary N) is 1. The van der Waals surface area contributed by atoms with Crippen LogP contribution in [0.5, 0.6) is 11.5 Å². The third-order valence-corrected chi connectivity index (χ3v) is 4.69. The highest BCUT2D eigenvalue weighted by atomic mass is 35.5. The van der Waals surface area contributed by atoms with Gasteiger partial charge in [0.1, 0.15) is 0 Å². The third kappa shape index (κ3) is 3.85. The number of fused-ring (bicyclic) bond motifs is 1. The quantitative estimate of drug-likeness (QED) is 0.705. The zero-order valence-corrected chi connectivity index (χ0v) is 15.2. The first kappa shape index (κ1) is 18.3. The lowest BCUT2D eigenvalue weighted by Crippen LogP contribution is -2.15. The molecule has 26 heavy (non-hydrogen) atoms. The highest BCUT2D eigenvalue weighted by Crippen LogP contribution is 2.34. The Kier molecular flexibility index (Phi) is 5.82. The predicted molar refractivity (Wildman–Crippen MR) is 107 cm³/mol. The number of hydrogen-bond acceptors (Lipinski definition) is 3. The first-order valence-corrected chi connectivity index (χ1v) is 8.57. The van der Waals surface area contributed by atoms with Crippen LogP contribution in [-0.2, 0) is 6.42 Å². The van der Waals surface area contributed by atoms with E-state index in [4.69, 9.17) is 15.2 Å². The Bertz CT molecular complexity index is 850. The van der Waals surface area contributed by atoms with E-state index >= 15 is 0 Å². The minimum absolute atomic E-state index is 0. The van der Waals surface area contributed by atoms with Crippen LogP contribution in [0.3, 0.4) is 0 Å². The van der Waals surface area contributed by atoms with Crippen LogP contribution >= 0.6 is 12.4 Å². The van der Waals surface area contributed by atoms with E-state index in [-0.39, 0.29) is 18.3 Å². The predicted octanol–water partition coefficient (Wildman–Crippen LogP) is 4.79. The van der Waals surface area contributed by atoms with Gasteiger partial charge in [-0.3, -0.25) is 0 Å². The number of halogens is 1. The van der Waals surface area contributed by atoms with E-state index in [9.17, 15) is 0 Å². The summed E-state index contributed by atoms with van der Waals surface area (Å²) in [6, 6.07) is 25.3. The molecule has 4 rings (SSSR count). The van der Waals surface area contributed by atoms with Gasteiger partial charge < -0.3 is 15.2 Å². The molecule has 0 spiro atoms. The van der Waals surface area contributed by atoms with Crippen LogP contribution in [0.2, 0.25) is 0 Å². The van der Waals surface area contributed by atoms with Crippen molar-refractivity contribution < 1.29 is 9.47 Å². The van der Waals surface area contributed by atoms with Crippen LogP contribution in [-0.4, -0.2) is 13.3 Å². The van der Waals surface area contributed by atoms with Crippen LogP contribution in [0.1, 0.15) is 17.0 Å². The van der Waals surface area contributed by atoms with E-state index in [1.54, 1.807) is 0 Å². The van der Waals surface area contributed by atoms with Crippen molar-refractivity contribution in [3.05, 3.63) is 83.9 Å². The molecule has 1 aliphatic rings. The SMILES string of the molecule is Cl.NCC(Cc1ccc2c(c1)OCO2)c1ccc(-c2ccccc2)cc1. The standard InChI is InChI=1S/C22H21NO2.ClH/c23-14-20(12-16-6-11-21-22(13-16)25-15-24-21)19-9-7-18(8-10-19)17-4-2-1-3-5-17;/h1-11,13,20H,12,14-15,23H2;1H. The van der Waals surface area contributed by atoms with Gasteiger partial charge in [-0.05, 0) is 47.4 Å². The molecule has 0 bridgehead atoms. The van der Waals surface area contributed by atoms with Crippen molar-refractivity contribution in [2.24, 2.45) is 5.73 Å². The van der Waals surface area contributed by atoms with Gasteiger partial charge in [0, 0.05) is 5.92 Å². The van der Waals surface area contributed by atoms with E-state index in [2.05, 4.69) is 60.7 Å². The highest BCUT2D eigenvalue weighted by molar-refractivity contribution is 5.85. The molecular weight excluding hydrogens is 346 g/mol. The Labute approximate surface area is 160 Å². The van der Waals surface area contributed by atoms with Gasteiger partial charge in [0.15, 0.2) is 11.5 Å². The molecule has 4 heteroatoms. The summed E-state index contributed by atoms with van der Waals surface area (Å²) in [6.07, 6.45) is 0.887. The average Bonchev–Trinajstić information content (AvgIpc) is 3.15. The van der Waals surface area contributed by atoms with Gasteiger partial charge in [-0.2, -0.15) is 0 Å². The van der Waals surface area contributed by atoms with Gasteiger partial charge in [-0.25, -0.2) is 0 Å². The molecule has 0 radical (unpaired) electrons. The molecule has 3 aromatic carbocycles. The summed E-state index contributed by atoms with van der Waals surface area (Å²) >= 11 is 0. The maximum atomic E-state index is 6.06. The number of ether oxygens (including phenoxy) is 2. The minimum atomic E-state index is 0. The molecule has 0 saturated carbocycles. The fourth-order valence-electron chi connectivity index (χ4n) is 3.27. The molecule has 0 amide bonds. The summed E-state index contributed by atoms with van der Waals surface area (Å²) < 4.78 is 10.8. The van der Waals surface area contributed by atoms with Crippen LogP contribution in [0.4, 0.5) is 0 Å².